The summed E-state index contributed by atoms with van der Waals surface area (Å²) in [4.78, 5) is 6.62. The van der Waals surface area contributed by atoms with Crippen LogP contribution in [0.2, 0.25) is 0 Å². The van der Waals surface area contributed by atoms with Gasteiger partial charge < -0.3 is 20.2 Å². The van der Waals surface area contributed by atoms with Crippen LogP contribution in [-0.2, 0) is 0 Å². The molecule has 1 aliphatic heterocycles. The fourth-order valence-electron chi connectivity index (χ4n) is 3.24. The Morgan fingerprint density at radius 2 is 1.90 bits per heavy atom. The minimum atomic E-state index is -4.79. The molecule has 2 aromatic rings. The first kappa shape index (κ1) is 23.3. The van der Waals surface area contributed by atoms with Crippen molar-refractivity contribution in [2.75, 3.05) is 25.0 Å². The molecular weight excluding hydrogens is 500 g/mol. The van der Waals surface area contributed by atoms with E-state index >= 15 is 0 Å². The number of likely N-dealkylation sites (tertiary alicyclic amines) is 1. The Bertz CT molecular complexity index is 778. The summed E-state index contributed by atoms with van der Waals surface area (Å²) in [5, 5.41) is 2.69. The number of ether oxygens (including phenoxy) is 1. The number of benzene rings is 1. The molecule has 0 radical (unpaired) electrons. The highest BCUT2D eigenvalue weighted by Crippen LogP contribution is 2.30. The smallest absolute Gasteiger partial charge is 0.468 e. The fourth-order valence-corrected chi connectivity index (χ4v) is 3.24. The minimum absolute atomic E-state index is 0. The lowest BCUT2D eigenvalue weighted by molar-refractivity contribution is -0.274. The van der Waals surface area contributed by atoms with Crippen molar-refractivity contribution in [3.8, 4) is 5.75 Å². The number of para-hydroxylation sites is 2. The van der Waals surface area contributed by atoms with E-state index in [1.165, 1.54) is 24.6 Å². The van der Waals surface area contributed by atoms with E-state index in [1.807, 2.05) is 12.1 Å². The van der Waals surface area contributed by atoms with Gasteiger partial charge in [-0.1, -0.05) is 18.6 Å². The number of hydrogen-bond acceptors (Lipinski definition) is 4. The lowest BCUT2D eigenvalue weighted by Crippen LogP contribution is -2.36. The van der Waals surface area contributed by atoms with Crippen LogP contribution >= 0.6 is 24.0 Å². The van der Waals surface area contributed by atoms with Crippen LogP contribution in [0.25, 0.3) is 0 Å². The standard InChI is InChI=1S/C19H23F3N4O2.HI/c20-19(21,22)28-16-8-3-2-7-14(16)25-18(23)24-13-15(17-9-6-12-27-17)26-10-4-1-5-11-26;/h2-3,6-9,12,15H,1,4-5,10-11,13H2,(H3,23,24,25);1H. The number of piperidine rings is 1. The highest BCUT2D eigenvalue weighted by atomic mass is 127. The molecule has 0 saturated carbocycles. The Kier molecular flexibility index (Phi) is 8.62. The van der Waals surface area contributed by atoms with Gasteiger partial charge in [0.05, 0.1) is 24.5 Å². The molecule has 1 aromatic carbocycles. The molecule has 0 bridgehead atoms. The second-order valence-corrected chi connectivity index (χ2v) is 6.52. The van der Waals surface area contributed by atoms with Gasteiger partial charge in [0.1, 0.15) is 5.76 Å². The molecular formula is C19H24F3IN4O2. The quantitative estimate of drug-likeness (QED) is 0.324. The number of nitrogens with zero attached hydrogens (tertiary/aromatic N) is 2. The Balaban J connectivity index is 0.00000300. The largest absolute Gasteiger partial charge is 0.573 e. The Morgan fingerprint density at radius 3 is 2.55 bits per heavy atom. The van der Waals surface area contributed by atoms with Crippen molar-refractivity contribution in [1.82, 2.24) is 4.90 Å². The first-order valence-electron chi connectivity index (χ1n) is 9.11. The van der Waals surface area contributed by atoms with E-state index in [4.69, 9.17) is 10.2 Å². The number of hydrogen-bond donors (Lipinski definition) is 2. The zero-order chi connectivity index (χ0) is 20.0. The Labute approximate surface area is 184 Å². The van der Waals surface area contributed by atoms with E-state index in [-0.39, 0.29) is 47.4 Å². The number of furan rings is 1. The average Bonchev–Trinajstić information content (AvgIpc) is 3.18. The van der Waals surface area contributed by atoms with Crippen molar-refractivity contribution in [3.05, 3.63) is 48.4 Å². The van der Waals surface area contributed by atoms with Gasteiger partial charge in [-0.25, -0.2) is 0 Å². The number of rotatable bonds is 6. The van der Waals surface area contributed by atoms with Gasteiger partial charge in [0.2, 0.25) is 0 Å². The summed E-state index contributed by atoms with van der Waals surface area (Å²) in [6, 6.07) is 9.33. The molecule has 1 unspecified atom stereocenters. The molecule has 2 heterocycles. The van der Waals surface area contributed by atoms with Crippen molar-refractivity contribution in [1.29, 1.82) is 0 Å². The third-order valence-corrected chi connectivity index (χ3v) is 4.51. The number of guanidine groups is 1. The van der Waals surface area contributed by atoms with Gasteiger partial charge in [-0.3, -0.25) is 9.89 Å². The predicted molar refractivity (Wildman–Crippen MR) is 116 cm³/mol. The topological polar surface area (TPSA) is 76.0 Å². The van der Waals surface area contributed by atoms with Crippen LogP contribution in [0.4, 0.5) is 18.9 Å². The molecule has 1 atom stereocenters. The average molecular weight is 524 g/mol. The van der Waals surface area contributed by atoms with Crippen molar-refractivity contribution >= 4 is 35.6 Å². The number of nitrogens with two attached hydrogens (primary N) is 1. The molecule has 10 heteroatoms. The molecule has 1 aromatic heterocycles. The summed E-state index contributed by atoms with van der Waals surface area (Å²) in [5.41, 5.74) is 6.01. The first-order valence-corrected chi connectivity index (χ1v) is 9.11. The molecule has 1 fully saturated rings. The highest BCUT2D eigenvalue weighted by molar-refractivity contribution is 14.0. The molecule has 160 valence electrons. The van der Waals surface area contributed by atoms with Crippen LogP contribution < -0.4 is 15.8 Å². The summed E-state index contributed by atoms with van der Waals surface area (Å²) < 4.78 is 47.2. The highest BCUT2D eigenvalue weighted by Gasteiger charge is 2.32. The van der Waals surface area contributed by atoms with Crippen LogP contribution in [0.5, 0.6) is 5.75 Å². The summed E-state index contributed by atoms with van der Waals surface area (Å²) in [6.45, 7) is 2.21. The maximum atomic E-state index is 12.5. The van der Waals surface area contributed by atoms with Gasteiger partial charge in [-0.15, -0.1) is 37.1 Å². The number of alkyl halides is 3. The van der Waals surface area contributed by atoms with Crippen molar-refractivity contribution in [2.45, 2.75) is 31.7 Å². The van der Waals surface area contributed by atoms with Crippen LogP contribution in [0.3, 0.4) is 0 Å². The van der Waals surface area contributed by atoms with E-state index < -0.39 is 6.36 Å². The van der Waals surface area contributed by atoms with Crippen LogP contribution in [0.1, 0.15) is 31.1 Å². The number of nitrogens with one attached hydrogen (secondary N) is 1. The molecule has 0 amide bonds. The van der Waals surface area contributed by atoms with Crippen molar-refractivity contribution < 1.29 is 22.3 Å². The summed E-state index contributed by atoms with van der Waals surface area (Å²) in [5.74, 6) is 0.429. The number of anilines is 1. The molecule has 3 N–H and O–H groups in total. The zero-order valence-corrected chi connectivity index (χ0v) is 18.0. The number of aliphatic imine (C=N–C) groups is 1. The molecule has 6 nitrogen and oxygen atoms in total. The lowest BCUT2D eigenvalue weighted by atomic mass is 10.1. The molecule has 3 rings (SSSR count). The van der Waals surface area contributed by atoms with E-state index in [0.717, 1.165) is 31.7 Å². The molecule has 0 aliphatic carbocycles. The normalized spacial score (nSPS) is 16.7. The van der Waals surface area contributed by atoms with Gasteiger partial charge in [0, 0.05) is 0 Å². The minimum Gasteiger partial charge on any atom is -0.468 e. The van der Waals surface area contributed by atoms with Gasteiger partial charge in [-0.2, -0.15) is 0 Å². The predicted octanol–water partition coefficient (Wildman–Crippen LogP) is 4.75. The number of halogens is 4. The van der Waals surface area contributed by atoms with Gasteiger partial charge in [-0.05, 0) is 50.2 Å². The van der Waals surface area contributed by atoms with Crippen LogP contribution in [0.15, 0.2) is 52.1 Å². The molecule has 29 heavy (non-hydrogen) atoms. The monoisotopic (exact) mass is 524 g/mol. The van der Waals surface area contributed by atoms with Crippen molar-refractivity contribution in [2.24, 2.45) is 10.7 Å². The first-order chi connectivity index (χ1) is 13.4. The Morgan fingerprint density at radius 1 is 1.17 bits per heavy atom. The second kappa shape index (κ2) is 10.7. The van der Waals surface area contributed by atoms with Crippen LogP contribution in [-0.4, -0.2) is 36.9 Å². The van der Waals surface area contributed by atoms with Gasteiger partial charge in [0.15, 0.2) is 11.7 Å². The van der Waals surface area contributed by atoms with Gasteiger partial charge >= 0.3 is 6.36 Å². The third kappa shape index (κ3) is 7.11. The maximum absolute atomic E-state index is 12.5. The van der Waals surface area contributed by atoms with E-state index in [9.17, 15) is 13.2 Å². The van der Waals surface area contributed by atoms with Crippen LogP contribution in [0, 0.1) is 0 Å². The summed E-state index contributed by atoms with van der Waals surface area (Å²) >= 11 is 0. The van der Waals surface area contributed by atoms with E-state index in [0.29, 0.717) is 6.54 Å². The lowest BCUT2D eigenvalue weighted by Gasteiger charge is -2.32. The Hall–Kier alpha value is -1.95. The van der Waals surface area contributed by atoms with E-state index in [1.54, 1.807) is 12.3 Å². The molecule has 1 aliphatic rings. The van der Waals surface area contributed by atoms with Crippen molar-refractivity contribution in [3.63, 3.8) is 0 Å². The fraction of sp³-hybridized carbons (Fsp3) is 0.421. The zero-order valence-electron chi connectivity index (χ0n) is 15.7. The third-order valence-electron chi connectivity index (χ3n) is 4.51. The second-order valence-electron chi connectivity index (χ2n) is 6.52. The maximum Gasteiger partial charge on any atom is 0.573 e. The van der Waals surface area contributed by atoms with Gasteiger partial charge in [0.25, 0.3) is 0 Å². The SMILES string of the molecule is I.NC(=NCC(c1ccco1)N1CCCCC1)Nc1ccccc1OC(F)(F)F. The summed E-state index contributed by atoms with van der Waals surface area (Å²) in [7, 11) is 0. The van der Waals surface area contributed by atoms with E-state index in [2.05, 4.69) is 19.9 Å². The summed E-state index contributed by atoms with van der Waals surface area (Å²) in [6.07, 6.45) is 0.239. The molecule has 1 saturated heterocycles. The molecule has 0 spiro atoms.